The van der Waals surface area contributed by atoms with Crippen molar-refractivity contribution in [3.05, 3.63) is 30.3 Å². The van der Waals surface area contributed by atoms with Crippen LogP contribution in [0.3, 0.4) is 0 Å². The Hall–Kier alpha value is -1.02. The molecule has 3 nitrogen and oxygen atoms in total. The average molecular weight is 276 g/mol. The molecule has 0 saturated carbocycles. The zero-order chi connectivity index (χ0) is 13.5. The molecule has 0 aliphatic carbocycles. The van der Waals surface area contributed by atoms with Crippen LogP contribution in [0.2, 0.25) is 0 Å². The van der Waals surface area contributed by atoms with Crippen molar-refractivity contribution in [1.29, 1.82) is 5.26 Å². The van der Waals surface area contributed by atoms with Gasteiger partial charge in [0.25, 0.3) is 0 Å². The van der Waals surface area contributed by atoms with Crippen molar-refractivity contribution >= 4 is 11.8 Å². The summed E-state index contributed by atoms with van der Waals surface area (Å²) in [4.78, 5) is 3.46. The van der Waals surface area contributed by atoms with Gasteiger partial charge in [-0.25, -0.2) is 0 Å². The van der Waals surface area contributed by atoms with Crippen molar-refractivity contribution in [3.8, 4) is 6.07 Å². The first-order valence-electron chi connectivity index (χ1n) is 6.78. The van der Waals surface area contributed by atoms with Gasteiger partial charge in [0.15, 0.2) is 0 Å². The van der Waals surface area contributed by atoms with Crippen LogP contribution in [0.1, 0.15) is 19.3 Å². The number of hydrogen-bond acceptors (Lipinski definition) is 4. The summed E-state index contributed by atoms with van der Waals surface area (Å²) in [6.45, 7) is 1.80. The minimum Gasteiger partial charge on any atom is -0.391 e. The van der Waals surface area contributed by atoms with Gasteiger partial charge in [0.1, 0.15) is 0 Å². The second-order valence-electron chi connectivity index (χ2n) is 4.85. The van der Waals surface area contributed by atoms with E-state index in [1.165, 1.54) is 4.90 Å². The summed E-state index contributed by atoms with van der Waals surface area (Å²) < 4.78 is 0. The number of benzene rings is 1. The van der Waals surface area contributed by atoms with Crippen molar-refractivity contribution in [2.75, 3.05) is 18.8 Å². The van der Waals surface area contributed by atoms with E-state index >= 15 is 0 Å². The van der Waals surface area contributed by atoms with Gasteiger partial charge in [0.05, 0.1) is 12.2 Å². The average Bonchev–Trinajstić information content (AvgIpc) is 2.92. The maximum absolute atomic E-state index is 10.3. The predicted octanol–water partition coefficient (Wildman–Crippen LogP) is 2.52. The topological polar surface area (TPSA) is 47.3 Å². The lowest BCUT2D eigenvalue weighted by Gasteiger charge is -2.27. The monoisotopic (exact) mass is 276 g/mol. The Bertz CT molecular complexity index is 418. The number of rotatable bonds is 6. The van der Waals surface area contributed by atoms with E-state index in [0.717, 1.165) is 31.7 Å². The maximum Gasteiger partial charge on any atom is 0.0789 e. The maximum atomic E-state index is 10.3. The molecule has 0 radical (unpaired) electrons. The molecule has 1 aromatic carbocycles. The fourth-order valence-corrected chi connectivity index (χ4v) is 3.50. The Morgan fingerprint density at radius 1 is 1.42 bits per heavy atom. The summed E-state index contributed by atoms with van der Waals surface area (Å²) in [5, 5.41) is 19.0. The Balaban J connectivity index is 1.82. The summed E-state index contributed by atoms with van der Waals surface area (Å²) in [6, 6.07) is 12.6. The lowest BCUT2D eigenvalue weighted by molar-refractivity contribution is 0.0913. The fourth-order valence-electron chi connectivity index (χ4n) is 2.57. The third kappa shape index (κ3) is 4.24. The van der Waals surface area contributed by atoms with E-state index in [-0.39, 0.29) is 12.1 Å². The summed E-state index contributed by atoms with van der Waals surface area (Å²) in [5.41, 5.74) is 0. The van der Waals surface area contributed by atoms with Crippen LogP contribution in [0, 0.1) is 11.3 Å². The Labute approximate surface area is 119 Å². The summed E-state index contributed by atoms with van der Waals surface area (Å²) in [7, 11) is 0. The Morgan fingerprint density at radius 2 is 2.21 bits per heavy atom. The van der Waals surface area contributed by atoms with Gasteiger partial charge in [-0.05, 0) is 31.5 Å². The molecule has 1 saturated heterocycles. The highest BCUT2D eigenvalue weighted by molar-refractivity contribution is 7.99. The molecule has 4 heteroatoms. The van der Waals surface area contributed by atoms with E-state index in [1.807, 2.05) is 18.2 Å². The van der Waals surface area contributed by atoms with Crippen LogP contribution in [-0.4, -0.2) is 41.0 Å². The highest BCUT2D eigenvalue weighted by atomic mass is 32.2. The SMILES string of the molecule is N#CCCN1CCCC1C(O)CSc1ccccc1. The molecule has 2 atom stereocenters. The molecule has 2 unspecified atom stereocenters. The molecule has 2 rings (SSSR count). The van der Waals surface area contributed by atoms with Gasteiger partial charge in [-0.15, -0.1) is 11.8 Å². The van der Waals surface area contributed by atoms with Gasteiger partial charge < -0.3 is 5.11 Å². The number of hydrogen-bond donors (Lipinski definition) is 1. The van der Waals surface area contributed by atoms with E-state index < -0.39 is 0 Å². The van der Waals surface area contributed by atoms with Crippen LogP contribution in [0.4, 0.5) is 0 Å². The minimum atomic E-state index is -0.314. The first-order chi connectivity index (χ1) is 9.31. The smallest absolute Gasteiger partial charge is 0.0789 e. The van der Waals surface area contributed by atoms with E-state index in [1.54, 1.807) is 11.8 Å². The minimum absolute atomic E-state index is 0.226. The number of thioether (sulfide) groups is 1. The van der Waals surface area contributed by atoms with Crippen LogP contribution in [-0.2, 0) is 0 Å². The lowest BCUT2D eigenvalue weighted by atomic mass is 10.1. The van der Waals surface area contributed by atoms with E-state index in [0.29, 0.717) is 6.42 Å². The van der Waals surface area contributed by atoms with Gasteiger partial charge >= 0.3 is 0 Å². The number of aliphatic hydroxyl groups is 1. The first-order valence-corrected chi connectivity index (χ1v) is 7.76. The molecular weight excluding hydrogens is 256 g/mol. The lowest BCUT2D eigenvalue weighted by Crippen LogP contribution is -2.40. The van der Waals surface area contributed by atoms with E-state index in [4.69, 9.17) is 5.26 Å². The number of aliphatic hydroxyl groups excluding tert-OH is 1. The van der Waals surface area contributed by atoms with Crippen LogP contribution >= 0.6 is 11.8 Å². The van der Waals surface area contributed by atoms with E-state index in [9.17, 15) is 5.11 Å². The summed E-state index contributed by atoms with van der Waals surface area (Å²) in [6.07, 6.45) is 2.41. The van der Waals surface area contributed by atoms with Crippen molar-refractivity contribution < 1.29 is 5.11 Å². The summed E-state index contributed by atoms with van der Waals surface area (Å²) in [5.74, 6) is 0.720. The van der Waals surface area contributed by atoms with Gasteiger partial charge in [-0.3, -0.25) is 4.90 Å². The summed E-state index contributed by atoms with van der Waals surface area (Å²) >= 11 is 1.70. The van der Waals surface area contributed by atoms with Crippen LogP contribution < -0.4 is 0 Å². The van der Waals surface area contributed by atoms with Crippen LogP contribution in [0.5, 0.6) is 0 Å². The Morgan fingerprint density at radius 3 is 2.95 bits per heavy atom. The number of nitrogens with zero attached hydrogens (tertiary/aromatic N) is 2. The third-order valence-electron chi connectivity index (χ3n) is 3.53. The van der Waals surface area contributed by atoms with E-state index in [2.05, 4.69) is 23.1 Å². The van der Waals surface area contributed by atoms with Gasteiger partial charge in [0.2, 0.25) is 0 Å². The van der Waals surface area contributed by atoms with Crippen molar-refractivity contribution in [2.24, 2.45) is 0 Å². The van der Waals surface area contributed by atoms with Crippen LogP contribution in [0.25, 0.3) is 0 Å². The zero-order valence-corrected chi connectivity index (χ0v) is 11.9. The van der Waals surface area contributed by atoms with Crippen molar-refractivity contribution in [2.45, 2.75) is 36.3 Å². The zero-order valence-electron chi connectivity index (χ0n) is 11.0. The molecule has 1 aromatic rings. The predicted molar refractivity (Wildman–Crippen MR) is 78.0 cm³/mol. The molecule has 1 aliphatic heterocycles. The standard InChI is InChI=1S/C15H20N2OS/c16-9-5-11-17-10-4-8-14(17)15(18)12-19-13-6-2-1-3-7-13/h1-3,6-7,14-15,18H,4-5,8,10-12H2. The normalized spacial score (nSPS) is 21.2. The quantitative estimate of drug-likeness (QED) is 0.811. The molecule has 102 valence electrons. The molecule has 0 aromatic heterocycles. The molecule has 0 bridgehead atoms. The number of likely N-dealkylation sites (tertiary alicyclic amines) is 1. The molecule has 1 fully saturated rings. The van der Waals surface area contributed by atoms with Crippen molar-refractivity contribution in [1.82, 2.24) is 4.90 Å². The first kappa shape index (κ1) is 14.4. The number of nitriles is 1. The third-order valence-corrected chi connectivity index (χ3v) is 4.65. The van der Waals surface area contributed by atoms with Crippen LogP contribution in [0.15, 0.2) is 35.2 Å². The van der Waals surface area contributed by atoms with Gasteiger partial charge in [-0.2, -0.15) is 5.26 Å². The van der Waals surface area contributed by atoms with Gasteiger partial charge in [-0.1, -0.05) is 18.2 Å². The fraction of sp³-hybridized carbons (Fsp3) is 0.533. The highest BCUT2D eigenvalue weighted by Crippen LogP contribution is 2.25. The molecule has 1 aliphatic rings. The largest absolute Gasteiger partial charge is 0.391 e. The highest BCUT2D eigenvalue weighted by Gasteiger charge is 2.30. The second-order valence-corrected chi connectivity index (χ2v) is 5.94. The second kappa shape index (κ2) is 7.54. The molecular formula is C15H20N2OS. The molecule has 1 heterocycles. The Kier molecular flexibility index (Phi) is 5.71. The molecule has 19 heavy (non-hydrogen) atoms. The molecule has 1 N–H and O–H groups in total. The molecule has 0 spiro atoms. The molecule has 0 amide bonds. The van der Waals surface area contributed by atoms with Crippen molar-refractivity contribution in [3.63, 3.8) is 0 Å². The van der Waals surface area contributed by atoms with Gasteiger partial charge in [0, 0.05) is 29.7 Å².